The summed E-state index contributed by atoms with van der Waals surface area (Å²) in [6.07, 6.45) is 5.47. The van der Waals surface area contributed by atoms with Crippen LogP contribution in [0.5, 0.6) is 0 Å². The minimum absolute atomic E-state index is 0.331. The molecule has 5 heteroatoms. The fourth-order valence-electron chi connectivity index (χ4n) is 2.43. The maximum Gasteiger partial charge on any atom is 0.139 e. The van der Waals surface area contributed by atoms with Crippen LogP contribution in [0, 0.1) is 5.92 Å². The highest BCUT2D eigenvalue weighted by Crippen LogP contribution is 2.09. The fraction of sp³-hybridized carbons (Fsp3) is 0.923. The van der Waals surface area contributed by atoms with Crippen molar-refractivity contribution in [2.75, 3.05) is 32.7 Å². The smallest absolute Gasteiger partial charge is 0.139 e. The minimum atomic E-state index is 0.331. The van der Waals surface area contributed by atoms with Crippen LogP contribution < -0.4 is 11.1 Å². The zero-order valence-corrected chi connectivity index (χ0v) is 11.6. The van der Waals surface area contributed by atoms with Crippen LogP contribution in [-0.2, 0) is 0 Å². The van der Waals surface area contributed by atoms with E-state index in [0.29, 0.717) is 18.2 Å². The summed E-state index contributed by atoms with van der Waals surface area (Å²) in [5.74, 6) is 1.05. The van der Waals surface area contributed by atoms with Gasteiger partial charge in [0.2, 0.25) is 0 Å². The fourth-order valence-corrected chi connectivity index (χ4v) is 2.43. The number of nitrogens with zero attached hydrogens (tertiary/aromatic N) is 2. The zero-order chi connectivity index (χ0) is 13.2. The summed E-state index contributed by atoms with van der Waals surface area (Å²) in [4.78, 5) is 2.56. The number of nitrogens with one attached hydrogen (secondary N) is 1. The minimum Gasteiger partial charge on any atom is -0.409 e. The second-order valence-corrected chi connectivity index (χ2v) is 5.37. The van der Waals surface area contributed by atoms with Crippen molar-refractivity contribution in [2.24, 2.45) is 16.8 Å². The van der Waals surface area contributed by atoms with Gasteiger partial charge in [-0.2, -0.15) is 0 Å². The first kappa shape index (κ1) is 15.2. The van der Waals surface area contributed by atoms with Gasteiger partial charge in [-0.15, -0.1) is 0 Å². The molecule has 1 unspecified atom stereocenters. The van der Waals surface area contributed by atoms with E-state index in [1.165, 1.54) is 32.5 Å². The van der Waals surface area contributed by atoms with E-state index in [2.05, 4.69) is 22.3 Å². The lowest BCUT2D eigenvalue weighted by molar-refractivity contribution is 0.282. The number of amidine groups is 1. The lowest BCUT2D eigenvalue weighted by Gasteiger charge is -2.20. The Bertz CT molecular complexity index is 239. The molecule has 0 aromatic rings. The van der Waals surface area contributed by atoms with Crippen molar-refractivity contribution in [3.8, 4) is 0 Å². The Hall–Kier alpha value is -0.810. The molecule has 18 heavy (non-hydrogen) atoms. The third kappa shape index (κ3) is 6.81. The molecule has 1 saturated heterocycles. The number of likely N-dealkylation sites (tertiary alicyclic amines) is 1. The Morgan fingerprint density at radius 2 is 2.11 bits per heavy atom. The third-order valence-corrected chi connectivity index (χ3v) is 3.43. The molecule has 0 bridgehead atoms. The summed E-state index contributed by atoms with van der Waals surface area (Å²) >= 11 is 0. The molecule has 5 nitrogen and oxygen atoms in total. The van der Waals surface area contributed by atoms with E-state index in [1.54, 1.807) is 0 Å². The second-order valence-electron chi connectivity index (χ2n) is 5.37. The van der Waals surface area contributed by atoms with Crippen molar-refractivity contribution in [2.45, 2.75) is 39.0 Å². The molecule has 0 aromatic heterocycles. The second kappa shape index (κ2) is 9.16. The number of hydrogen-bond acceptors (Lipinski definition) is 4. The molecule has 1 aliphatic rings. The molecule has 0 saturated carbocycles. The molecule has 0 aromatic carbocycles. The van der Waals surface area contributed by atoms with E-state index in [-0.39, 0.29) is 0 Å². The van der Waals surface area contributed by atoms with Gasteiger partial charge in [0.1, 0.15) is 5.84 Å². The van der Waals surface area contributed by atoms with Gasteiger partial charge >= 0.3 is 0 Å². The normalized spacial score (nSPS) is 19.3. The van der Waals surface area contributed by atoms with Crippen LogP contribution in [-0.4, -0.2) is 48.7 Å². The molecular formula is C13H28N4O. The average molecular weight is 256 g/mol. The topological polar surface area (TPSA) is 73.9 Å². The Kier molecular flexibility index (Phi) is 7.76. The Morgan fingerprint density at radius 3 is 2.78 bits per heavy atom. The Balaban J connectivity index is 1.90. The van der Waals surface area contributed by atoms with Crippen LogP contribution in [0.4, 0.5) is 0 Å². The first-order chi connectivity index (χ1) is 8.72. The Morgan fingerprint density at radius 1 is 1.39 bits per heavy atom. The molecule has 1 atom stereocenters. The highest BCUT2D eigenvalue weighted by molar-refractivity contribution is 5.79. The summed E-state index contributed by atoms with van der Waals surface area (Å²) in [6.45, 7) is 8.19. The number of rotatable bonds is 9. The van der Waals surface area contributed by atoms with Crippen molar-refractivity contribution in [1.82, 2.24) is 10.2 Å². The van der Waals surface area contributed by atoms with E-state index in [1.807, 2.05) is 0 Å². The third-order valence-electron chi connectivity index (χ3n) is 3.43. The maximum absolute atomic E-state index is 8.39. The molecule has 0 spiro atoms. The molecular weight excluding hydrogens is 228 g/mol. The lowest BCUT2D eigenvalue weighted by atomic mass is 10.1. The van der Waals surface area contributed by atoms with E-state index < -0.39 is 0 Å². The summed E-state index contributed by atoms with van der Waals surface area (Å²) in [5, 5.41) is 14.8. The van der Waals surface area contributed by atoms with Gasteiger partial charge in [-0.1, -0.05) is 12.1 Å². The lowest BCUT2D eigenvalue weighted by Crippen LogP contribution is -2.32. The van der Waals surface area contributed by atoms with Gasteiger partial charge in [0, 0.05) is 13.0 Å². The first-order valence-corrected chi connectivity index (χ1v) is 7.12. The molecule has 0 amide bonds. The maximum atomic E-state index is 8.39. The van der Waals surface area contributed by atoms with Crippen LogP contribution >= 0.6 is 0 Å². The van der Waals surface area contributed by atoms with Crippen LogP contribution in [0.15, 0.2) is 5.16 Å². The van der Waals surface area contributed by atoms with Gasteiger partial charge < -0.3 is 21.2 Å². The van der Waals surface area contributed by atoms with E-state index in [4.69, 9.17) is 10.9 Å². The van der Waals surface area contributed by atoms with Crippen LogP contribution in [0.1, 0.15) is 39.0 Å². The molecule has 0 aliphatic carbocycles. The first-order valence-electron chi connectivity index (χ1n) is 7.12. The van der Waals surface area contributed by atoms with Crippen LogP contribution in [0.25, 0.3) is 0 Å². The number of hydrogen-bond donors (Lipinski definition) is 3. The predicted molar refractivity (Wildman–Crippen MR) is 75.0 cm³/mol. The highest BCUT2D eigenvalue weighted by Gasteiger charge is 2.13. The highest BCUT2D eigenvalue weighted by atomic mass is 16.4. The van der Waals surface area contributed by atoms with Crippen molar-refractivity contribution in [3.05, 3.63) is 0 Å². The van der Waals surface area contributed by atoms with Gasteiger partial charge in [0.05, 0.1) is 0 Å². The van der Waals surface area contributed by atoms with Gasteiger partial charge in [0.25, 0.3) is 0 Å². The van der Waals surface area contributed by atoms with Crippen molar-refractivity contribution >= 4 is 5.84 Å². The molecule has 106 valence electrons. The summed E-state index contributed by atoms with van der Waals surface area (Å²) in [7, 11) is 0. The summed E-state index contributed by atoms with van der Waals surface area (Å²) in [6, 6.07) is 0. The largest absolute Gasteiger partial charge is 0.409 e. The molecule has 4 N–H and O–H groups in total. The standard InChI is InChI=1S/C13H28N4O/c1-12(11-17-8-4-5-9-17)10-15-7-3-2-6-13(14)16-18/h12,15,18H,2-11H2,1H3,(H2,14,16). The number of nitrogens with two attached hydrogens (primary N) is 1. The van der Waals surface area contributed by atoms with Crippen molar-refractivity contribution in [3.63, 3.8) is 0 Å². The monoisotopic (exact) mass is 256 g/mol. The van der Waals surface area contributed by atoms with Gasteiger partial charge in [-0.3, -0.25) is 0 Å². The zero-order valence-electron chi connectivity index (χ0n) is 11.6. The summed E-state index contributed by atoms with van der Waals surface area (Å²) < 4.78 is 0. The van der Waals surface area contributed by atoms with E-state index >= 15 is 0 Å². The quantitative estimate of drug-likeness (QED) is 0.191. The van der Waals surface area contributed by atoms with Crippen molar-refractivity contribution < 1.29 is 5.21 Å². The molecule has 1 rings (SSSR count). The molecule has 1 fully saturated rings. The molecule has 1 heterocycles. The molecule has 1 aliphatic heterocycles. The van der Waals surface area contributed by atoms with Gasteiger partial charge in [0.15, 0.2) is 0 Å². The van der Waals surface area contributed by atoms with E-state index in [0.717, 1.165) is 25.9 Å². The number of unbranched alkanes of at least 4 members (excludes halogenated alkanes) is 1. The van der Waals surface area contributed by atoms with Crippen LogP contribution in [0.3, 0.4) is 0 Å². The van der Waals surface area contributed by atoms with Gasteiger partial charge in [-0.05, 0) is 57.8 Å². The van der Waals surface area contributed by atoms with Crippen molar-refractivity contribution in [1.29, 1.82) is 0 Å². The summed E-state index contributed by atoms with van der Waals surface area (Å²) in [5.41, 5.74) is 5.40. The molecule has 0 radical (unpaired) electrons. The predicted octanol–water partition coefficient (Wildman–Crippen LogP) is 1.22. The average Bonchev–Trinajstić information content (AvgIpc) is 2.85. The van der Waals surface area contributed by atoms with Crippen LogP contribution in [0.2, 0.25) is 0 Å². The van der Waals surface area contributed by atoms with E-state index in [9.17, 15) is 0 Å². The Labute approximate surface area is 110 Å². The number of oxime groups is 1. The SMILES string of the molecule is CC(CNCCCCC(N)=NO)CN1CCCC1. The van der Waals surface area contributed by atoms with Gasteiger partial charge in [-0.25, -0.2) is 0 Å².